The fourth-order valence-corrected chi connectivity index (χ4v) is 5.08. The van der Waals surface area contributed by atoms with Gasteiger partial charge in [0.15, 0.2) is 0 Å². The predicted molar refractivity (Wildman–Crippen MR) is 130 cm³/mol. The lowest BCUT2D eigenvalue weighted by molar-refractivity contribution is -0.142. The number of halogens is 1. The van der Waals surface area contributed by atoms with Crippen LogP contribution in [0.4, 0.5) is 4.39 Å². The Bertz CT molecular complexity index is 1100. The molecule has 35 heavy (non-hydrogen) atoms. The van der Waals surface area contributed by atoms with E-state index in [2.05, 4.69) is 0 Å². The van der Waals surface area contributed by atoms with E-state index in [0.29, 0.717) is 30.9 Å². The fraction of sp³-hybridized carbons (Fsp3) is 0.444. The maximum atomic E-state index is 13.8. The molecule has 186 valence electrons. The summed E-state index contributed by atoms with van der Waals surface area (Å²) >= 11 is 0. The second kappa shape index (κ2) is 10.2. The number of nitrogens with zero attached hydrogens (tertiary/aromatic N) is 3. The summed E-state index contributed by atoms with van der Waals surface area (Å²) in [5, 5.41) is 0. The van der Waals surface area contributed by atoms with Gasteiger partial charge in [-0.2, -0.15) is 0 Å². The minimum absolute atomic E-state index is 0.0482. The summed E-state index contributed by atoms with van der Waals surface area (Å²) in [5.74, 6) is -0.363. The highest BCUT2D eigenvalue weighted by atomic mass is 19.1. The molecular formula is C27H32FN3O4. The molecule has 7 nitrogen and oxygen atoms in total. The predicted octanol–water partition coefficient (Wildman–Crippen LogP) is 2.80. The van der Waals surface area contributed by atoms with Crippen LogP contribution in [0.25, 0.3) is 0 Å². The lowest BCUT2D eigenvalue weighted by atomic mass is 9.75. The standard InChI is InChI=1S/C27H32FN3O4/c1-29(2)13-14-31-25(33)17-27(26(31)34,21-5-4-6-23(15-21)35-3)16-24(32)30-12-11-20(18-30)19-7-9-22(28)10-8-19/h4-10,15,20H,11-14,16-18H2,1-3H3/t20-,27-/m0/s1. The van der Waals surface area contributed by atoms with Crippen molar-refractivity contribution in [3.63, 3.8) is 0 Å². The van der Waals surface area contributed by atoms with Crippen LogP contribution in [0.1, 0.15) is 36.3 Å². The highest BCUT2D eigenvalue weighted by Gasteiger charge is 2.54. The summed E-state index contributed by atoms with van der Waals surface area (Å²) in [5.41, 5.74) is 0.347. The molecule has 0 spiro atoms. The van der Waals surface area contributed by atoms with Gasteiger partial charge in [-0.25, -0.2) is 4.39 Å². The summed E-state index contributed by atoms with van der Waals surface area (Å²) in [6.45, 7) is 1.89. The van der Waals surface area contributed by atoms with Gasteiger partial charge in [0.25, 0.3) is 0 Å². The Morgan fingerprint density at radius 1 is 1.17 bits per heavy atom. The van der Waals surface area contributed by atoms with Gasteiger partial charge in [0.05, 0.1) is 12.5 Å². The molecule has 0 aromatic heterocycles. The number of likely N-dealkylation sites (tertiary alicyclic amines) is 2. The highest BCUT2D eigenvalue weighted by Crippen LogP contribution is 2.42. The van der Waals surface area contributed by atoms with Crippen LogP contribution >= 0.6 is 0 Å². The van der Waals surface area contributed by atoms with E-state index in [-0.39, 0.29) is 48.8 Å². The molecule has 0 saturated carbocycles. The number of carbonyl (C=O) groups is 3. The van der Waals surface area contributed by atoms with E-state index in [1.165, 1.54) is 17.0 Å². The molecule has 0 radical (unpaired) electrons. The largest absolute Gasteiger partial charge is 0.497 e. The Kier molecular flexibility index (Phi) is 7.21. The minimum atomic E-state index is -1.26. The van der Waals surface area contributed by atoms with Crippen molar-refractivity contribution in [3.8, 4) is 5.75 Å². The van der Waals surface area contributed by atoms with E-state index in [1.54, 1.807) is 48.4 Å². The molecule has 2 aromatic rings. The molecule has 0 aliphatic carbocycles. The Balaban J connectivity index is 1.59. The van der Waals surface area contributed by atoms with E-state index in [4.69, 9.17) is 4.74 Å². The SMILES string of the molecule is COc1cccc([C@]2(CC(=O)N3CC[C@H](c4ccc(F)cc4)C3)CC(=O)N(CCN(C)C)C2=O)c1. The van der Waals surface area contributed by atoms with Gasteiger partial charge < -0.3 is 14.5 Å². The lowest BCUT2D eigenvalue weighted by Crippen LogP contribution is -2.44. The summed E-state index contributed by atoms with van der Waals surface area (Å²) < 4.78 is 18.7. The number of hydrogen-bond acceptors (Lipinski definition) is 5. The van der Waals surface area contributed by atoms with Crippen molar-refractivity contribution in [2.24, 2.45) is 0 Å². The van der Waals surface area contributed by atoms with E-state index in [0.717, 1.165) is 12.0 Å². The molecule has 0 bridgehead atoms. The molecule has 2 heterocycles. The van der Waals surface area contributed by atoms with Gasteiger partial charge in [-0.05, 0) is 55.9 Å². The molecule has 0 N–H and O–H groups in total. The summed E-state index contributed by atoms with van der Waals surface area (Å²) in [6.07, 6.45) is 0.637. The van der Waals surface area contributed by atoms with Crippen LogP contribution in [0, 0.1) is 5.82 Å². The molecule has 2 aliphatic heterocycles. The first-order valence-corrected chi connectivity index (χ1v) is 11.9. The maximum Gasteiger partial charge on any atom is 0.240 e. The first kappa shape index (κ1) is 24.9. The molecule has 0 unspecified atom stereocenters. The number of hydrogen-bond donors (Lipinski definition) is 0. The summed E-state index contributed by atoms with van der Waals surface area (Å²) in [7, 11) is 5.31. The molecule has 2 aliphatic rings. The Hall–Kier alpha value is -3.26. The third-order valence-electron chi connectivity index (χ3n) is 7.14. The van der Waals surface area contributed by atoms with Crippen LogP contribution in [0.5, 0.6) is 5.75 Å². The average molecular weight is 482 g/mol. The summed E-state index contributed by atoms with van der Waals surface area (Å²) in [6, 6.07) is 13.5. The Morgan fingerprint density at radius 2 is 1.91 bits per heavy atom. The van der Waals surface area contributed by atoms with E-state index in [1.807, 2.05) is 19.0 Å². The molecule has 8 heteroatoms. The quantitative estimate of drug-likeness (QED) is 0.543. The van der Waals surface area contributed by atoms with Crippen LogP contribution in [0.2, 0.25) is 0 Å². The van der Waals surface area contributed by atoms with Crippen LogP contribution in [0.15, 0.2) is 48.5 Å². The van der Waals surface area contributed by atoms with Crippen LogP contribution in [0.3, 0.4) is 0 Å². The van der Waals surface area contributed by atoms with Gasteiger partial charge in [0.2, 0.25) is 17.7 Å². The molecule has 2 fully saturated rings. The molecule has 2 saturated heterocycles. The van der Waals surface area contributed by atoms with E-state index < -0.39 is 5.41 Å². The number of rotatable bonds is 8. The number of imide groups is 1. The third-order valence-corrected chi connectivity index (χ3v) is 7.14. The first-order valence-electron chi connectivity index (χ1n) is 11.9. The second-order valence-corrected chi connectivity index (χ2v) is 9.70. The van der Waals surface area contributed by atoms with Crippen molar-refractivity contribution < 1.29 is 23.5 Å². The number of carbonyl (C=O) groups excluding carboxylic acids is 3. The first-order chi connectivity index (χ1) is 16.7. The number of amides is 3. The van der Waals surface area contributed by atoms with Gasteiger partial charge in [-0.1, -0.05) is 24.3 Å². The molecule has 4 rings (SSSR count). The average Bonchev–Trinajstić information content (AvgIpc) is 3.42. The summed E-state index contributed by atoms with van der Waals surface area (Å²) in [4.78, 5) is 45.3. The third kappa shape index (κ3) is 5.07. The van der Waals surface area contributed by atoms with Crippen LogP contribution in [-0.2, 0) is 19.8 Å². The minimum Gasteiger partial charge on any atom is -0.497 e. The van der Waals surface area contributed by atoms with E-state index in [9.17, 15) is 18.8 Å². The van der Waals surface area contributed by atoms with Crippen molar-refractivity contribution in [1.82, 2.24) is 14.7 Å². The topological polar surface area (TPSA) is 70.2 Å². The van der Waals surface area contributed by atoms with Crippen molar-refractivity contribution in [2.45, 2.75) is 30.6 Å². The lowest BCUT2D eigenvalue weighted by Gasteiger charge is -2.29. The van der Waals surface area contributed by atoms with Gasteiger partial charge in [0.1, 0.15) is 11.6 Å². The van der Waals surface area contributed by atoms with Gasteiger partial charge in [0, 0.05) is 44.9 Å². The molecule has 2 atom stereocenters. The molecule has 3 amide bonds. The highest BCUT2D eigenvalue weighted by molar-refractivity contribution is 6.10. The zero-order chi connectivity index (χ0) is 25.2. The zero-order valence-electron chi connectivity index (χ0n) is 20.5. The fourth-order valence-electron chi connectivity index (χ4n) is 5.08. The van der Waals surface area contributed by atoms with Crippen molar-refractivity contribution >= 4 is 17.7 Å². The van der Waals surface area contributed by atoms with Crippen molar-refractivity contribution in [2.75, 3.05) is 47.4 Å². The monoisotopic (exact) mass is 481 g/mol. The number of methoxy groups -OCH3 is 1. The van der Waals surface area contributed by atoms with Gasteiger partial charge >= 0.3 is 0 Å². The Labute approximate surface area is 205 Å². The van der Waals surface area contributed by atoms with Crippen molar-refractivity contribution in [3.05, 3.63) is 65.5 Å². The van der Waals surface area contributed by atoms with Crippen molar-refractivity contribution in [1.29, 1.82) is 0 Å². The maximum absolute atomic E-state index is 13.8. The van der Waals surface area contributed by atoms with Gasteiger partial charge in [-0.15, -0.1) is 0 Å². The second-order valence-electron chi connectivity index (χ2n) is 9.70. The Morgan fingerprint density at radius 3 is 2.60 bits per heavy atom. The number of benzene rings is 2. The van der Waals surface area contributed by atoms with E-state index >= 15 is 0 Å². The van der Waals surface area contributed by atoms with Crippen LogP contribution in [-0.4, -0.2) is 79.8 Å². The number of ether oxygens (including phenoxy) is 1. The van der Waals surface area contributed by atoms with Crippen LogP contribution < -0.4 is 4.74 Å². The normalized spacial score (nSPS) is 22.4. The van der Waals surface area contributed by atoms with Gasteiger partial charge in [-0.3, -0.25) is 19.3 Å². The zero-order valence-corrected chi connectivity index (χ0v) is 20.5. The number of likely N-dealkylation sites (N-methyl/N-ethyl adjacent to an activating group) is 1. The molecule has 2 aromatic carbocycles. The smallest absolute Gasteiger partial charge is 0.240 e. The molecular weight excluding hydrogens is 449 g/mol.